The molecule has 0 unspecified atom stereocenters. The zero-order chi connectivity index (χ0) is 24.1. The molecule has 0 spiro atoms. The van der Waals surface area contributed by atoms with Gasteiger partial charge in [0.25, 0.3) is 0 Å². The van der Waals surface area contributed by atoms with Crippen molar-refractivity contribution in [3.63, 3.8) is 0 Å². The molecule has 0 heterocycles. The van der Waals surface area contributed by atoms with Crippen molar-refractivity contribution in [2.24, 2.45) is 0 Å². The summed E-state index contributed by atoms with van der Waals surface area (Å²) in [5, 5.41) is 9.79. The maximum absolute atomic E-state index is 9.79. The number of benzene rings is 4. The quantitative estimate of drug-likeness (QED) is 0.319. The van der Waals surface area contributed by atoms with Crippen molar-refractivity contribution < 1.29 is 19.3 Å². The zero-order valence-electron chi connectivity index (χ0n) is 20.0. The molecule has 0 atom stereocenters. The van der Waals surface area contributed by atoms with Gasteiger partial charge in [0.05, 0.1) is 14.2 Å². The van der Waals surface area contributed by atoms with Gasteiger partial charge >= 0.3 is 0 Å². The summed E-state index contributed by atoms with van der Waals surface area (Å²) in [6, 6.07) is 27.3. The molecule has 0 aliphatic heterocycles. The molecule has 0 saturated heterocycles. The molecule has 0 amide bonds. The Bertz CT molecular complexity index is 1280. The molecule has 4 nitrogen and oxygen atoms in total. The smallest absolute Gasteiger partial charge is 0.143 e. The Kier molecular flexibility index (Phi) is 7.19. The maximum Gasteiger partial charge on any atom is 0.143 e. The van der Waals surface area contributed by atoms with Gasteiger partial charge in [0.15, 0.2) is 0 Å². The molecule has 4 aromatic carbocycles. The van der Waals surface area contributed by atoms with Crippen LogP contribution in [0.25, 0.3) is 22.3 Å². The topological polar surface area (TPSA) is 47.9 Å². The average Bonchev–Trinajstić information content (AvgIpc) is 2.85. The first kappa shape index (κ1) is 23.4. The molecule has 0 aliphatic rings. The van der Waals surface area contributed by atoms with Crippen LogP contribution in [0, 0.1) is 19.9 Å². The number of ether oxygens (including phenoxy) is 3. The maximum atomic E-state index is 9.79. The predicted molar refractivity (Wildman–Crippen MR) is 136 cm³/mol. The molecule has 34 heavy (non-hydrogen) atoms. The molecule has 0 saturated carbocycles. The first-order valence-corrected chi connectivity index (χ1v) is 11.3. The highest BCUT2D eigenvalue weighted by molar-refractivity contribution is 5.85. The summed E-state index contributed by atoms with van der Waals surface area (Å²) in [6.07, 6.45) is 0.466. The van der Waals surface area contributed by atoms with E-state index in [-0.39, 0.29) is 6.61 Å². The van der Waals surface area contributed by atoms with Crippen molar-refractivity contribution in [2.45, 2.75) is 20.3 Å². The van der Waals surface area contributed by atoms with Crippen LogP contribution in [0.15, 0.2) is 72.8 Å². The average molecular weight is 454 g/mol. The highest BCUT2D eigenvalue weighted by Gasteiger charge is 2.20. The second kappa shape index (κ2) is 10.4. The molecule has 4 heteroatoms. The van der Waals surface area contributed by atoms with E-state index < -0.39 is 0 Å². The summed E-state index contributed by atoms with van der Waals surface area (Å²) in [7, 11) is 3.34. The Morgan fingerprint density at radius 2 is 1.41 bits per heavy atom. The molecule has 0 bridgehead atoms. The van der Waals surface area contributed by atoms with Crippen LogP contribution < -0.4 is 14.2 Å². The molecule has 4 rings (SSSR count). The van der Waals surface area contributed by atoms with Gasteiger partial charge in [-0.25, -0.2) is 0 Å². The largest absolute Gasteiger partial charge is 0.496 e. The number of rotatable bonds is 8. The Hall–Kier alpha value is -3.76. The van der Waals surface area contributed by atoms with Crippen molar-refractivity contribution in [1.29, 1.82) is 0 Å². The lowest BCUT2D eigenvalue weighted by atomic mass is 9.90. The minimum atomic E-state index is 0.0183. The molecule has 4 aromatic rings. The molecule has 1 N–H and O–H groups in total. The van der Waals surface area contributed by atoms with Crippen molar-refractivity contribution in [1.82, 2.24) is 0 Å². The highest BCUT2D eigenvalue weighted by Crippen LogP contribution is 2.45. The predicted octanol–water partition coefficient (Wildman–Crippen LogP) is 6.78. The minimum absolute atomic E-state index is 0.0183. The standard InChI is InChI=1S/C30H29O4/c1-20-18-23(11-14-27(20)32-3)26-13-10-22(16-17-31)29(24-12-15-28(33-4)21(2)19-24)30(26)34-25-8-6-5-7-9-25/h5-9,11-15,18-19,31H,16-17H2,1-4H3. The minimum Gasteiger partial charge on any atom is -0.496 e. The van der Waals surface area contributed by atoms with E-state index in [1.165, 1.54) is 0 Å². The monoisotopic (exact) mass is 453 g/mol. The fourth-order valence-corrected chi connectivity index (χ4v) is 4.19. The lowest BCUT2D eigenvalue weighted by molar-refractivity contribution is 0.299. The Morgan fingerprint density at radius 1 is 0.794 bits per heavy atom. The van der Waals surface area contributed by atoms with Gasteiger partial charge in [-0.05, 0) is 96.6 Å². The number of aliphatic hydroxyl groups is 1. The molecule has 173 valence electrons. The van der Waals surface area contributed by atoms with Gasteiger partial charge in [0, 0.05) is 17.7 Å². The van der Waals surface area contributed by atoms with Crippen LogP contribution in [0.2, 0.25) is 0 Å². The third kappa shape index (κ3) is 4.78. The number of aliphatic hydroxyl groups excluding tert-OH is 1. The van der Waals surface area contributed by atoms with E-state index in [1.807, 2.05) is 74.5 Å². The van der Waals surface area contributed by atoms with Crippen molar-refractivity contribution in [3.05, 3.63) is 95.6 Å². The molecular formula is C30H29O4. The van der Waals surface area contributed by atoms with Crippen molar-refractivity contribution in [2.75, 3.05) is 20.8 Å². The van der Waals surface area contributed by atoms with Gasteiger partial charge in [-0.1, -0.05) is 30.3 Å². The summed E-state index contributed by atoms with van der Waals surface area (Å²) in [6.45, 7) is 4.06. The van der Waals surface area contributed by atoms with Crippen LogP contribution in [0.5, 0.6) is 23.0 Å². The number of hydrogen-bond donors (Lipinski definition) is 1. The van der Waals surface area contributed by atoms with E-state index in [1.54, 1.807) is 14.2 Å². The molecule has 0 aromatic heterocycles. The van der Waals surface area contributed by atoms with Crippen molar-refractivity contribution in [3.8, 4) is 45.3 Å². The van der Waals surface area contributed by atoms with E-state index in [0.29, 0.717) is 6.42 Å². The Labute approximate surface area is 201 Å². The number of aryl methyl sites for hydroxylation is 2. The summed E-state index contributed by atoms with van der Waals surface area (Å²) in [4.78, 5) is 0. The van der Waals surface area contributed by atoms with Gasteiger partial charge in [0.2, 0.25) is 0 Å². The van der Waals surface area contributed by atoms with Crippen molar-refractivity contribution >= 4 is 0 Å². The number of methoxy groups -OCH3 is 2. The summed E-state index contributed by atoms with van der Waals surface area (Å²) >= 11 is 0. The molecule has 1 radical (unpaired) electrons. The van der Waals surface area contributed by atoms with Gasteiger partial charge in [-0.3, -0.25) is 0 Å². The number of hydrogen-bond acceptors (Lipinski definition) is 4. The summed E-state index contributed by atoms with van der Waals surface area (Å²) in [5.41, 5.74) is 6.76. The highest BCUT2D eigenvalue weighted by atomic mass is 16.5. The summed E-state index contributed by atoms with van der Waals surface area (Å²) < 4.78 is 17.5. The van der Waals surface area contributed by atoms with Gasteiger partial charge in [-0.2, -0.15) is 0 Å². The second-order valence-corrected chi connectivity index (χ2v) is 8.14. The third-order valence-electron chi connectivity index (χ3n) is 5.88. The first-order chi connectivity index (χ1) is 16.5. The van der Waals surface area contributed by atoms with Gasteiger partial charge in [0.1, 0.15) is 23.0 Å². The van der Waals surface area contributed by atoms with E-state index in [0.717, 1.165) is 61.9 Å². The Balaban J connectivity index is 1.99. The number of para-hydroxylation sites is 1. The zero-order valence-corrected chi connectivity index (χ0v) is 20.0. The normalized spacial score (nSPS) is 10.7. The fourth-order valence-electron chi connectivity index (χ4n) is 4.19. The first-order valence-electron chi connectivity index (χ1n) is 11.3. The fraction of sp³-hybridized carbons (Fsp3) is 0.200. The second-order valence-electron chi connectivity index (χ2n) is 8.14. The lowest BCUT2D eigenvalue weighted by Crippen LogP contribution is -2.01. The van der Waals surface area contributed by atoms with E-state index >= 15 is 0 Å². The molecule has 0 aliphatic carbocycles. The van der Waals surface area contributed by atoms with Crippen LogP contribution in [0.3, 0.4) is 0 Å². The van der Waals surface area contributed by atoms with Crippen LogP contribution >= 0.6 is 0 Å². The molecular weight excluding hydrogens is 424 g/mol. The van der Waals surface area contributed by atoms with Gasteiger partial charge in [-0.15, -0.1) is 0 Å². The van der Waals surface area contributed by atoms with Crippen LogP contribution in [-0.4, -0.2) is 25.9 Å². The Morgan fingerprint density at radius 3 is 2.00 bits per heavy atom. The third-order valence-corrected chi connectivity index (χ3v) is 5.88. The lowest BCUT2D eigenvalue weighted by Gasteiger charge is -2.21. The van der Waals surface area contributed by atoms with E-state index in [9.17, 15) is 5.11 Å². The van der Waals surface area contributed by atoms with E-state index in [2.05, 4.69) is 18.2 Å². The van der Waals surface area contributed by atoms with E-state index in [4.69, 9.17) is 14.2 Å². The SMILES string of the molecule is COc1ccc(-c2c[c]c(CCO)c(-c3ccc(OC)c(C)c3)c2Oc2ccccc2)cc1C. The van der Waals surface area contributed by atoms with Crippen LogP contribution in [0.1, 0.15) is 16.7 Å². The molecule has 0 fully saturated rings. The van der Waals surface area contributed by atoms with Gasteiger partial charge < -0.3 is 19.3 Å². The summed E-state index contributed by atoms with van der Waals surface area (Å²) in [5.74, 6) is 3.12. The van der Waals surface area contributed by atoms with Crippen LogP contribution in [0.4, 0.5) is 0 Å². The van der Waals surface area contributed by atoms with Crippen LogP contribution in [-0.2, 0) is 6.42 Å².